The van der Waals surface area contributed by atoms with Crippen molar-refractivity contribution in [2.24, 2.45) is 0 Å². The highest BCUT2D eigenvalue weighted by Gasteiger charge is 2.18. The molecule has 3 aromatic carbocycles. The molecule has 4 nitrogen and oxygen atoms in total. The maximum atomic E-state index is 12.7. The first kappa shape index (κ1) is 18.9. The number of hydrogen-bond acceptors (Lipinski definition) is 3. The minimum absolute atomic E-state index is 0.0350. The van der Waals surface area contributed by atoms with Crippen LogP contribution in [-0.4, -0.2) is 5.91 Å². The van der Waals surface area contributed by atoms with Gasteiger partial charge in [-0.3, -0.25) is 4.79 Å². The van der Waals surface area contributed by atoms with Gasteiger partial charge in [-0.25, -0.2) is 0 Å². The summed E-state index contributed by atoms with van der Waals surface area (Å²) in [6.07, 6.45) is 1.47. The normalized spacial score (nSPS) is 10.9. The van der Waals surface area contributed by atoms with E-state index in [9.17, 15) is 10.1 Å². The average Bonchev–Trinajstić information content (AvgIpc) is 2.77. The lowest BCUT2D eigenvalue weighted by atomic mass is 9.98. The van der Waals surface area contributed by atoms with Crippen LogP contribution in [0.2, 0.25) is 0 Å². The third-order valence-corrected chi connectivity index (χ3v) is 4.30. The Labute approximate surface area is 165 Å². The van der Waals surface area contributed by atoms with Gasteiger partial charge in [0.1, 0.15) is 11.6 Å². The molecule has 0 saturated heterocycles. The second-order valence-corrected chi connectivity index (χ2v) is 6.26. The third kappa shape index (κ3) is 5.09. The topological polar surface area (TPSA) is 64.9 Å². The molecule has 4 heteroatoms. The van der Waals surface area contributed by atoms with Crippen LogP contribution in [0, 0.1) is 11.3 Å². The molecule has 0 spiro atoms. The fraction of sp³-hybridized carbons (Fsp3) is 0.0833. The second-order valence-electron chi connectivity index (χ2n) is 6.26. The van der Waals surface area contributed by atoms with Crippen molar-refractivity contribution in [3.05, 3.63) is 119 Å². The SMILES string of the molecule is N#C/C(=C/NCc1ccccc1)C(=O)NC(c1ccccc1)c1ccccc1. The van der Waals surface area contributed by atoms with Crippen LogP contribution in [0.1, 0.15) is 22.7 Å². The summed E-state index contributed by atoms with van der Waals surface area (Å²) in [6.45, 7) is 0.542. The fourth-order valence-corrected chi connectivity index (χ4v) is 2.87. The van der Waals surface area contributed by atoms with Crippen LogP contribution in [0.4, 0.5) is 0 Å². The Morgan fingerprint density at radius 1 is 0.857 bits per heavy atom. The standard InChI is InChI=1S/C24H21N3O/c25-16-22(18-26-17-19-10-4-1-5-11-19)24(28)27-23(20-12-6-2-7-13-20)21-14-8-3-9-15-21/h1-15,18,23,26H,17H2,(H,27,28)/b22-18-. The monoisotopic (exact) mass is 367 g/mol. The zero-order chi connectivity index (χ0) is 19.6. The number of carbonyl (C=O) groups is 1. The lowest BCUT2D eigenvalue weighted by Crippen LogP contribution is -2.30. The van der Waals surface area contributed by atoms with Crippen molar-refractivity contribution in [2.75, 3.05) is 0 Å². The quantitative estimate of drug-likeness (QED) is 0.488. The van der Waals surface area contributed by atoms with Crippen molar-refractivity contribution in [3.63, 3.8) is 0 Å². The lowest BCUT2D eigenvalue weighted by Gasteiger charge is -2.19. The second kappa shape index (κ2) is 9.75. The van der Waals surface area contributed by atoms with E-state index >= 15 is 0 Å². The van der Waals surface area contributed by atoms with Gasteiger partial charge in [-0.15, -0.1) is 0 Å². The highest BCUT2D eigenvalue weighted by molar-refractivity contribution is 5.97. The molecule has 0 bridgehead atoms. The summed E-state index contributed by atoms with van der Waals surface area (Å²) in [7, 11) is 0. The molecule has 0 aliphatic heterocycles. The van der Waals surface area contributed by atoms with E-state index in [2.05, 4.69) is 10.6 Å². The minimum Gasteiger partial charge on any atom is -0.386 e. The lowest BCUT2D eigenvalue weighted by molar-refractivity contribution is -0.117. The van der Waals surface area contributed by atoms with Gasteiger partial charge in [0, 0.05) is 12.7 Å². The highest BCUT2D eigenvalue weighted by atomic mass is 16.1. The van der Waals surface area contributed by atoms with Crippen molar-refractivity contribution in [1.82, 2.24) is 10.6 Å². The van der Waals surface area contributed by atoms with Gasteiger partial charge in [-0.2, -0.15) is 5.26 Å². The molecular formula is C24H21N3O. The van der Waals surface area contributed by atoms with Crippen molar-refractivity contribution in [2.45, 2.75) is 12.6 Å². The third-order valence-electron chi connectivity index (χ3n) is 4.30. The van der Waals surface area contributed by atoms with Crippen LogP contribution in [0.25, 0.3) is 0 Å². The molecular weight excluding hydrogens is 346 g/mol. The molecule has 2 N–H and O–H groups in total. The van der Waals surface area contributed by atoms with Crippen molar-refractivity contribution in [1.29, 1.82) is 5.26 Å². The molecule has 28 heavy (non-hydrogen) atoms. The Morgan fingerprint density at radius 2 is 1.36 bits per heavy atom. The smallest absolute Gasteiger partial charge is 0.264 e. The Morgan fingerprint density at radius 3 is 1.86 bits per heavy atom. The van der Waals surface area contributed by atoms with Gasteiger partial charge < -0.3 is 10.6 Å². The van der Waals surface area contributed by atoms with Gasteiger partial charge in [0.15, 0.2) is 0 Å². The molecule has 138 valence electrons. The number of nitrogens with zero attached hydrogens (tertiary/aromatic N) is 1. The van der Waals surface area contributed by atoms with Gasteiger partial charge in [-0.1, -0.05) is 91.0 Å². The van der Waals surface area contributed by atoms with Crippen LogP contribution in [-0.2, 0) is 11.3 Å². The zero-order valence-corrected chi connectivity index (χ0v) is 15.4. The van der Waals surface area contributed by atoms with Gasteiger partial charge in [0.2, 0.25) is 0 Å². The molecule has 0 unspecified atom stereocenters. The van der Waals surface area contributed by atoms with E-state index in [-0.39, 0.29) is 11.6 Å². The minimum atomic E-state index is -0.416. The summed E-state index contributed by atoms with van der Waals surface area (Å²) in [4.78, 5) is 12.7. The van der Waals surface area contributed by atoms with Crippen LogP contribution in [0.15, 0.2) is 103 Å². The molecule has 3 rings (SSSR count). The van der Waals surface area contributed by atoms with Gasteiger partial charge >= 0.3 is 0 Å². The van der Waals surface area contributed by atoms with E-state index in [0.29, 0.717) is 6.54 Å². The van der Waals surface area contributed by atoms with E-state index < -0.39 is 5.91 Å². The first-order chi connectivity index (χ1) is 13.8. The van der Waals surface area contributed by atoms with Gasteiger partial charge in [0.05, 0.1) is 6.04 Å². The van der Waals surface area contributed by atoms with Crippen LogP contribution < -0.4 is 10.6 Å². The molecule has 0 heterocycles. The van der Waals surface area contributed by atoms with E-state index in [4.69, 9.17) is 0 Å². The number of hydrogen-bond donors (Lipinski definition) is 2. The first-order valence-electron chi connectivity index (χ1n) is 9.06. The zero-order valence-electron chi connectivity index (χ0n) is 15.4. The Balaban J connectivity index is 1.75. The number of carbonyl (C=O) groups excluding carboxylic acids is 1. The predicted octanol–water partition coefficient (Wildman–Crippen LogP) is 4.09. The molecule has 0 saturated carbocycles. The number of benzene rings is 3. The molecule has 0 aromatic heterocycles. The Kier molecular flexibility index (Phi) is 6.59. The van der Waals surface area contributed by atoms with E-state index in [1.54, 1.807) is 0 Å². The highest BCUT2D eigenvalue weighted by Crippen LogP contribution is 2.22. The number of nitrogens with one attached hydrogen (secondary N) is 2. The summed E-state index contributed by atoms with van der Waals surface area (Å²) < 4.78 is 0. The largest absolute Gasteiger partial charge is 0.386 e. The van der Waals surface area contributed by atoms with Crippen LogP contribution in [0.3, 0.4) is 0 Å². The molecule has 3 aromatic rings. The summed E-state index contributed by atoms with van der Waals surface area (Å²) in [5.41, 5.74) is 3.02. The van der Waals surface area contributed by atoms with Crippen molar-refractivity contribution >= 4 is 5.91 Å². The van der Waals surface area contributed by atoms with Crippen LogP contribution >= 0.6 is 0 Å². The van der Waals surface area contributed by atoms with Crippen molar-refractivity contribution in [3.8, 4) is 6.07 Å². The van der Waals surface area contributed by atoms with E-state index in [1.165, 1.54) is 6.20 Å². The fourth-order valence-electron chi connectivity index (χ4n) is 2.87. The maximum absolute atomic E-state index is 12.7. The predicted molar refractivity (Wildman–Crippen MR) is 110 cm³/mol. The summed E-state index contributed by atoms with van der Waals surface area (Å²) in [5, 5.41) is 15.4. The maximum Gasteiger partial charge on any atom is 0.264 e. The summed E-state index contributed by atoms with van der Waals surface area (Å²) in [5.74, 6) is -0.416. The number of amides is 1. The first-order valence-corrected chi connectivity index (χ1v) is 9.06. The van der Waals surface area contributed by atoms with Crippen LogP contribution in [0.5, 0.6) is 0 Å². The number of rotatable bonds is 7. The van der Waals surface area contributed by atoms with Gasteiger partial charge in [0.25, 0.3) is 5.91 Å². The number of nitriles is 1. The molecule has 0 fully saturated rings. The molecule has 1 amide bonds. The molecule has 0 aliphatic carbocycles. The van der Waals surface area contributed by atoms with E-state index in [1.807, 2.05) is 97.1 Å². The summed E-state index contributed by atoms with van der Waals surface area (Å²) in [6, 6.07) is 30.9. The summed E-state index contributed by atoms with van der Waals surface area (Å²) >= 11 is 0. The molecule has 0 aliphatic rings. The van der Waals surface area contributed by atoms with Gasteiger partial charge in [-0.05, 0) is 16.7 Å². The van der Waals surface area contributed by atoms with Crippen molar-refractivity contribution < 1.29 is 4.79 Å². The Bertz CT molecular complexity index is 921. The Hall–Kier alpha value is -3.84. The average molecular weight is 367 g/mol. The molecule has 0 atom stereocenters. The van der Waals surface area contributed by atoms with E-state index in [0.717, 1.165) is 16.7 Å². The molecule has 0 radical (unpaired) electrons.